The van der Waals surface area contributed by atoms with Crippen LogP contribution in [-0.4, -0.2) is 13.2 Å². The molecule has 0 radical (unpaired) electrons. The fraction of sp³-hybridized carbons (Fsp3) is 0.636. The fourth-order valence-corrected chi connectivity index (χ4v) is 1.04. The summed E-state index contributed by atoms with van der Waals surface area (Å²) in [6, 6.07) is 0. The molecule has 0 spiro atoms. The predicted octanol–water partition coefficient (Wildman–Crippen LogP) is 2.80. The van der Waals surface area contributed by atoms with Crippen molar-refractivity contribution in [3.05, 3.63) is 24.0 Å². The summed E-state index contributed by atoms with van der Waals surface area (Å²) in [6.45, 7) is 12.9. The highest BCUT2D eigenvalue weighted by atomic mass is 16.7. The molecule has 0 bridgehead atoms. The predicted molar refractivity (Wildman–Crippen MR) is 54.3 cm³/mol. The Kier molecular flexibility index (Phi) is 3.21. The molecule has 0 N–H and O–H groups in total. The second-order valence-electron chi connectivity index (χ2n) is 4.61. The number of allylic oxidation sites excluding steroid dienone is 1. The van der Waals surface area contributed by atoms with Crippen molar-refractivity contribution in [3.63, 3.8) is 0 Å². The van der Waals surface area contributed by atoms with Gasteiger partial charge in [0.05, 0.1) is 6.61 Å². The lowest BCUT2D eigenvalue weighted by Crippen LogP contribution is -2.15. The molecule has 80 valence electrons. The maximum atomic E-state index is 5.50. The van der Waals surface area contributed by atoms with Crippen LogP contribution in [-0.2, 0) is 14.2 Å². The Morgan fingerprint density at radius 3 is 2.36 bits per heavy atom. The Bertz CT molecular complexity index is 258. The van der Waals surface area contributed by atoms with Crippen molar-refractivity contribution in [1.29, 1.82) is 0 Å². The molecule has 0 aromatic carbocycles. The molecular weight excluding hydrogens is 180 g/mol. The van der Waals surface area contributed by atoms with E-state index in [1.807, 2.05) is 6.92 Å². The van der Waals surface area contributed by atoms with Crippen LogP contribution in [0.5, 0.6) is 0 Å². The largest absolute Gasteiger partial charge is 0.428 e. The summed E-state index contributed by atoms with van der Waals surface area (Å²) in [6.07, 6.45) is 0. The van der Waals surface area contributed by atoms with Crippen molar-refractivity contribution in [1.82, 2.24) is 0 Å². The molecule has 1 aliphatic rings. The second-order valence-corrected chi connectivity index (χ2v) is 4.61. The third kappa shape index (κ3) is 3.42. The maximum Gasteiger partial charge on any atom is 0.282 e. The van der Waals surface area contributed by atoms with Crippen molar-refractivity contribution < 1.29 is 14.2 Å². The average Bonchev–Trinajstić information content (AvgIpc) is 2.27. The van der Waals surface area contributed by atoms with E-state index >= 15 is 0 Å². The summed E-state index contributed by atoms with van der Waals surface area (Å²) in [5.41, 5.74) is 0.172. The zero-order valence-electron chi connectivity index (χ0n) is 9.35. The average molecular weight is 198 g/mol. The molecule has 14 heavy (non-hydrogen) atoms. The standard InChI is InChI=1S/C11H18O3/c1-8-10(14-9(2)13-8)6-12-7-11(3,4)5/h2,6-7H2,1,3-5H3. The monoisotopic (exact) mass is 198 g/mol. The van der Waals surface area contributed by atoms with Gasteiger partial charge >= 0.3 is 0 Å². The normalized spacial score (nSPS) is 17.0. The number of rotatable bonds is 3. The van der Waals surface area contributed by atoms with Crippen LogP contribution in [0.4, 0.5) is 0 Å². The van der Waals surface area contributed by atoms with Gasteiger partial charge in [-0.25, -0.2) is 0 Å². The first-order valence-electron chi connectivity index (χ1n) is 4.70. The Labute approximate surface area is 85.3 Å². The van der Waals surface area contributed by atoms with E-state index < -0.39 is 0 Å². The molecule has 0 fully saturated rings. The summed E-state index contributed by atoms with van der Waals surface area (Å²) in [5.74, 6) is 1.79. The molecule has 0 aliphatic carbocycles. The summed E-state index contributed by atoms with van der Waals surface area (Å²) in [4.78, 5) is 0. The van der Waals surface area contributed by atoms with Gasteiger partial charge in [-0.15, -0.1) is 0 Å². The first-order chi connectivity index (χ1) is 6.38. The highest BCUT2D eigenvalue weighted by Gasteiger charge is 2.19. The van der Waals surface area contributed by atoms with Crippen LogP contribution in [0, 0.1) is 5.41 Å². The van der Waals surface area contributed by atoms with Crippen LogP contribution < -0.4 is 0 Å². The van der Waals surface area contributed by atoms with Crippen molar-refractivity contribution >= 4 is 0 Å². The molecule has 0 saturated carbocycles. The van der Waals surface area contributed by atoms with E-state index in [0.29, 0.717) is 19.2 Å². The maximum absolute atomic E-state index is 5.50. The van der Waals surface area contributed by atoms with Gasteiger partial charge < -0.3 is 14.2 Å². The van der Waals surface area contributed by atoms with Crippen LogP contribution in [0.15, 0.2) is 24.0 Å². The minimum Gasteiger partial charge on any atom is -0.428 e. The van der Waals surface area contributed by atoms with Crippen molar-refractivity contribution in [2.75, 3.05) is 13.2 Å². The van der Waals surface area contributed by atoms with E-state index in [1.54, 1.807) is 0 Å². The molecule has 1 aliphatic heterocycles. The third-order valence-corrected chi connectivity index (χ3v) is 1.66. The van der Waals surface area contributed by atoms with E-state index in [9.17, 15) is 0 Å². The SMILES string of the molecule is C=C1OC(C)=C(COCC(C)(C)C)O1. The quantitative estimate of drug-likeness (QED) is 0.698. The van der Waals surface area contributed by atoms with E-state index in [-0.39, 0.29) is 5.41 Å². The van der Waals surface area contributed by atoms with Crippen LogP contribution in [0.25, 0.3) is 0 Å². The van der Waals surface area contributed by atoms with Crippen molar-refractivity contribution in [3.8, 4) is 0 Å². The van der Waals surface area contributed by atoms with E-state index in [1.165, 1.54) is 0 Å². The number of ether oxygens (including phenoxy) is 3. The van der Waals surface area contributed by atoms with Gasteiger partial charge in [-0.3, -0.25) is 0 Å². The van der Waals surface area contributed by atoms with E-state index in [0.717, 1.165) is 11.5 Å². The fourth-order valence-electron chi connectivity index (χ4n) is 1.04. The highest BCUT2D eigenvalue weighted by molar-refractivity contribution is 5.08. The van der Waals surface area contributed by atoms with Crippen LogP contribution in [0.2, 0.25) is 0 Å². The van der Waals surface area contributed by atoms with Gasteiger partial charge in [0.1, 0.15) is 12.4 Å². The molecule has 0 unspecified atom stereocenters. The Balaban J connectivity index is 2.32. The topological polar surface area (TPSA) is 27.7 Å². The summed E-state index contributed by atoms with van der Waals surface area (Å²) >= 11 is 0. The van der Waals surface area contributed by atoms with Gasteiger partial charge in [0.15, 0.2) is 5.76 Å². The molecule has 1 heterocycles. The van der Waals surface area contributed by atoms with Crippen LogP contribution in [0.1, 0.15) is 27.7 Å². The van der Waals surface area contributed by atoms with Gasteiger partial charge in [-0.05, 0) is 18.9 Å². The summed E-state index contributed by atoms with van der Waals surface area (Å²) < 4.78 is 15.9. The Morgan fingerprint density at radius 2 is 1.93 bits per heavy atom. The molecule has 1 rings (SSSR count). The van der Waals surface area contributed by atoms with Crippen LogP contribution >= 0.6 is 0 Å². The van der Waals surface area contributed by atoms with Gasteiger partial charge in [0.25, 0.3) is 5.95 Å². The second kappa shape index (κ2) is 4.05. The lowest BCUT2D eigenvalue weighted by atomic mass is 9.99. The molecule has 0 amide bonds. The lowest BCUT2D eigenvalue weighted by Gasteiger charge is -2.17. The Hall–Kier alpha value is -0.960. The van der Waals surface area contributed by atoms with E-state index in [2.05, 4.69) is 27.4 Å². The van der Waals surface area contributed by atoms with Gasteiger partial charge in [0, 0.05) is 0 Å². The number of hydrogen-bond donors (Lipinski definition) is 0. The highest BCUT2D eigenvalue weighted by Crippen LogP contribution is 2.23. The zero-order valence-corrected chi connectivity index (χ0v) is 9.35. The molecule has 0 atom stereocenters. The van der Waals surface area contributed by atoms with E-state index in [4.69, 9.17) is 14.2 Å². The van der Waals surface area contributed by atoms with Gasteiger partial charge in [-0.1, -0.05) is 20.8 Å². The summed E-state index contributed by atoms with van der Waals surface area (Å²) in [5, 5.41) is 0. The molecule has 3 heteroatoms. The first kappa shape index (κ1) is 11.1. The molecule has 0 saturated heterocycles. The zero-order chi connectivity index (χ0) is 10.8. The molecule has 3 nitrogen and oxygen atoms in total. The third-order valence-electron chi connectivity index (χ3n) is 1.66. The molecular formula is C11H18O3. The number of hydrogen-bond acceptors (Lipinski definition) is 3. The molecule has 0 aromatic heterocycles. The van der Waals surface area contributed by atoms with Gasteiger partial charge in [-0.2, -0.15) is 0 Å². The minimum absolute atomic E-state index is 0.172. The van der Waals surface area contributed by atoms with Crippen LogP contribution in [0.3, 0.4) is 0 Å². The smallest absolute Gasteiger partial charge is 0.282 e. The Morgan fingerprint density at radius 1 is 1.29 bits per heavy atom. The van der Waals surface area contributed by atoms with Gasteiger partial charge in [0.2, 0.25) is 0 Å². The van der Waals surface area contributed by atoms with Crippen molar-refractivity contribution in [2.45, 2.75) is 27.7 Å². The van der Waals surface area contributed by atoms with Crippen molar-refractivity contribution in [2.24, 2.45) is 5.41 Å². The lowest BCUT2D eigenvalue weighted by molar-refractivity contribution is 0.0635. The minimum atomic E-state index is 0.172. The first-order valence-corrected chi connectivity index (χ1v) is 4.70. The molecule has 0 aromatic rings. The summed E-state index contributed by atoms with van der Waals surface area (Å²) in [7, 11) is 0.